The van der Waals surface area contributed by atoms with E-state index in [1.165, 1.54) is 6.07 Å². The Hall–Kier alpha value is -2.18. The van der Waals surface area contributed by atoms with Gasteiger partial charge >= 0.3 is 5.97 Å². The van der Waals surface area contributed by atoms with Gasteiger partial charge in [0.05, 0.1) is 15.7 Å². The first-order valence-corrected chi connectivity index (χ1v) is 10.2. The van der Waals surface area contributed by atoms with Gasteiger partial charge in [0.2, 0.25) is 9.84 Å². The molecule has 0 amide bonds. The molecule has 3 rings (SSSR count). The summed E-state index contributed by atoms with van der Waals surface area (Å²) in [5.41, 5.74) is 0.871. The molecule has 0 radical (unpaired) electrons. The number of hydrogen-bond acceptors (Lipinski definition) is 5. The molecule has 0 aromatic heterocycles. The van der Waals surface area contributed by atoms with E-state index in [0.717, 1.165) is 25.1 Å². The topological polar surface area (TPSA) is 72.5 Å². The zero-order chi connectivity index (χ0) is 18.7. The van der Waals surface area contributed by atoms with Crippen LogP contribution >= 0.6 is 0 Å². The summed E-state index contributed by atoms with van der Waals surface area (Å²) in [5, 5.41) is 3.29. The second-order valence-electron chi connectivity index (χ2n) is 6.78. The Morgan fingerprint density at radius 1 is 1.12 bits per heavy atom. The van der Waals surface area contributed by atoms with Crippen molar-refractivity contribution in [3.63, 3.8) is 0 Å². The van der Waals surface area contributed by atoms with Crippen LogP contribution in [-0.2, 0) is 14.6 Å². The van der Waals surface area contributed by atoms with E-state index in [9.17, 15) is 13.2 Å². The molecule has 138 valence electrons. The first-order chi connectivity index (χ1) is 12.4. The van der Waals surface area contributed by atoms with Crippen molar-refractivity contribution in [2.75, 3.05) is 13.1 Å². The predicted octanol–water partition coefficient (Wildman–Crippen LogP) is 3.16. The lowest BCUT2D eigenvalue weighted by atomic mass is 9.97. The number of rotatable bonds is 5. The highest BCUT2D eigenvalue weighted by Crippen LogP contribution is 2.34. The van der Waals surface area contributed by atoms with Crippen LogP contribution in [0.4, 0.5) is 0 Å². The maximum Gasteiger partial charge on any atom is 0.313 e. The van der Waals surface area contributed by atoms with Gasteiger partial charge in [0.1, 0.15) is 5.75 Å². The Bertz CT molecular complexity index is 885. The average molecular weight is 373 g/mol. The molecule has 1 heterocycles. The fraction of sp³-hybridized carbons (Fsp3) is 0.350. The van der Waals surface area contributed by atoms with E-state index in [4.69, 9.17) is 4.74 Å². The van der Waals surface area contributed by atoms with Crippen molar-refractivity contribution in [3.8, 4) is 5.75 Å². The van der Waals surface area contributed by atoms with Gasteiger partial charge in [-0.15, -0.1) is 0 Å². The molecule has 26 heavy (non-hydrogen) atoms. The zero-order valence-corrected chi connectivity index (χ0v) is 15.8. The van der Waals surface area contributed by atoms with Gasteiger partial charge in [0.25, 0.3) is 0 Å². The normalized spacial score (nSPS) is 17.4. The fourth-order valence-electron chi connectivity index (χ4n) is 2.99. The Morgan fingerprint density at radius 3 is 2.46 bits per heavy atom. The molecule has 1 atom stereocenters. The molecule has 1 aliphatic rings. The molecule has 5 nitrogen and oxygen atoms in total. The van der Waals surface area contributed by atoms with Crippen LogP contribution in [0.3, 0.4) is 0 Å². The van der Waals surface area contributed by atoms with E-state index < -0.39 is 9.84 Å². The number of benzene rings is 2. The number of ether oxygens (including phenoxy) is 1. The van der Waals surface area contributed by atoms with E-state index in [1.54, 1.807) is 56.3 Å². The van der Waals surface area contributed by atoms with Crippen molar-refractivity contribution < 1.29 is 17.9 Å². The highest BCUT2D eigenvalue weighted by molar-refractivity contribution is 7.91. The number of sulfone groups is 1. The monoisotopic (exact) mass is 373 g/mol. The van der Waals surface area contributed by atoms with Crippen LogP contribution in [0.2, 0.25) is 0 Å². The maximum absolute atomic E-state index is 12.9. The Morgan fingerprint density at radius 2 is 1.85 bits per heavy atom. The van der Waals surface area contributed by atoms with Crippen molar-refractivity contribution in [3.05, 3.63) is 54.1 Å². The van der Waals surface area contributed by atoms with Gasteiger partial charge in [-0.1, -0.05) is 38.1 Å². The summed E-state index contributed by atoms with van der Waals surface area (Å²) in [6.07, 6.45) is 0.928. The maximum atomic E-state index is 12.9. The van der Waals surface area contributed by atoms with Crippen LogP contribution in [-0.4, -0.2) is 27.5 Å². The molecule has 1 unspecified atom stereocenters. The standard InChI is InChI=1S/C20H23NO4S/c1-14(2)20(22)25-19-12-17(8-9-18(19)15-10-11-21-13-15)26(23,24)16-6-4-3-5-7-16/h3-9,12,14-15,21H,10-11,13H2,1-2H3. The van der Waals surface area contributed by atoms with Gasteiger partial charge in [-0.05, 0) is 36.7 Å². The van der Waals surface area contributed by atoms with Crippen molar-refractivity contribution in [2.45, 2.75) is 36.0 Å². The molecule has 0 spiro atoms. The van der Waals surface area contributed by atoms with E-state index in [-0.39, 0.29) is 27.6 Å². The number of hydrogen-bond donors (Lipinski definition) is 1. The Labute approximate surface area is 154 Å². The number of nitrogens with one attached hydrogen (secondary N) is 1. The first-order valence-electron chi connectivity index (χ1n) is 8.76. The summed E-state index contributed by atoms with van der Waals surface area (Å²) in [4.78, 5) is 12.5. The van der Waals surface area contributed by atoms with Crippen LogP contribution in [0, 0.1) is 5.92 Å². The minimum atomic E-state index is -3.66. The summed E-state index contributed by atoms with van der Waals surface area (Å²) in [5.74, 6) is -0.113. The number of carbonyl (C=O) groups excluding carboxylic acids is 1. The third kappa shape index (κ3) is 3.81. The highest BCUT2D eigenvalue weighted by atomic mass is 32.2. The number of carbonyl (C=O) groups is 1. The fourth-order valence-corrected chi connectivity index (χ4v) is 4.29. The van der Waals surface area contributed by atoms with E-state index in [0.29, 0.717) is 5.75 Å². The van der Waals surface area contributed by atoms with Crippen LogP contribution < -0.4 is 10.1 Å². The van der Waals surface area contributed by atoms with Crippen molar-refractivity contribution in [1.29, 1.82) is 0 Å². The summed E-state index contributed by atoms with van der Waals surface area (Å²) >= 11 is 0. The molecule has 0 bridgehead atoms. The van der Waals surface area contributed by atoms with Crippen molar-refractivity contribution >= 4 is 15.8 Å². The molecule has 1 N–H and O–H groups in total. The first kappa shape index (κ1) is 18.6. The minimum Gasteiger partial charge on any atom is -0.426 e. The van der Waals surface area contributed by atoms with Crippen molar-refractivity contribution in [2.24, 2.45) is 5.92 Å². The molecular formula is C20H23NO4S. The number of esters is 1. The molecule has 6 heteroatoms. The van der Waals surface area contributed by atoms with Gasteiger partial charge < -0.3 is 10.1 Å². The van der Waals surface area contributed by atoms with E-state index in [2.05, 4.69) is 5.32 Å². The molecular weight excluding hydrogens is 350 g/mol. The van der Waals surface area contributed by atoms with Crippen LogP contribution in [0.15, 0.2) is 58.3 Å². The molecule has 1 fully saturated rings. The van der Waals surface area contributed by atoms with E-state index >= 15 is 0 Å². The summed E-state index contributed by atoms with van der Waals surface area (Å²) < 4.78 is 31.3. The predicted molar refractivity (Wildman–Crippen MR) is 99.0 cm³/mol. The molecule has 2 aromatic carbocycles. The Balaban J connectivity index is 2.04. The molecule has 1 saturated heterocycles. The molecule has 0 aliphatic carbocycles. The SMILES string of the molecule is CC(C)C(=O)Oc1cc(S(=O)(=O)c2ccccc2)ccc1C1CCNC1. The zero-order valence-electron chi connectivity index (χ0n) is 14.9. The Kier molecular flexibility index (Phi) is 5.44. The van der Waals surface area contributed by atoms with Crippen LogP contribution in [0.5, 0.6) is 5.75 Å². The highest BCUT2D eigenvalue weighted by Gasteiger charge is 2.25. The lowest BCUT2D eigenvalue weighted by Crippen LogP contribution is -2.17. The van der Waals surface area contributed by atoms with Gasteiger partial charge in [0.15, 0.2) is 0 Å². The van der Waals surface area contributed by atoms with Crippen LogP contribution in [0.1, 0.15) is 31.7 Å². The largest absolute Gasteiger partial charge is 0.426 e. The summed E-state index contributed by atoms with van der Waals surface area (Å²) in [7, 11) is -3.66. The van der Waals surface area contributed by atoms with Gasteiger partial charge in [-0.3, -0.25) is 4.79 Å². The van der Waals surface area contributed by atoms with Crippen LogP contribution in [0.25, 0.3) is 0 Å². The quantitative estimate of drug-likeness (QED) is 0.644. The summed E-state index contributed by atoms with van der Waals surface area (Å²) in [6.45, 7) is 5.19. The molecule has 1 aliphatic heterocycles. The lowest BCUT2D eigenvalue weighted by Gasteiger charge is -2.17. The average Bonchev–Trinajstić information content (AvgIpc) is 3.16. The van der Waals surface area contributed by atoms with Gasteiger partial charge in [-0.25, -0.2) is 8.42 Å². The van der Waals surface area contributed by atoms with Gasteiger partial charge in [-0.2, -0.15) is 0 Å². The molecule has 2 aromatic rings. The minimum absolute atomic E-state index is 0.130. The van der Waals surface area contributed by atoms with Crippen molar-refractivity contribution in [1.82, 2.24) is 5.32 Å². The lowest BCUT2D eigenvalue weighted by molar-refractivity contribution is -0.137. The molecule has 0 saturated carbocycles. The van der Waals surface area contributed by atoms with Gasteiger partial charge in [0, 0.05) is 18.5 Å². The third-order valence-corrected chi connectivity index (χ3v) is 6.30. The summed E-state index contributed by atoms with van der Waals surface area (Å²) in [6, 6.07) is 13.1. The third-order valence-electron chi connectivity index (χ3n) is 4.53. The smallest absolute Gasteiger partial charge is 0.313 e. The second kappa shape index (κ2) is 7.60. The van der Waals surface area contributed by atoms with E-state index in [1.807, 2.05) is 0 Å². The second-order valence-corrected chi connectivity index (χ2v) is 8.73.